The van der Waals surface area contributed by atoms with Crippen molar-refractivity contribution < 1.29 is 4.79 Å². The van der Waals surface area contributed by atoms with E-state index < -0.39 is 0 Å². The summed E-state index contributed by atoms with van der Waals surface area (Å²) >= 11 is 0. The number of ketones is 1. The molecule has 0 aromatic heterocycles. The molecule has 84 valence electrons. The molecule has 1 nitrogen and oxygen atoms in total. The van der Waals surface area contributed by atoms with E-state index in [4.69, 9.17) is 0 Å². The fraction of sp³-hybridized carbons (Fsp3) is 0.643. The van der Waals surface area contributed by atoms with Crippen LogP contribution in [0.15, 0.2) is 23.3 Å². The topological polar surface area (TPSA) is 17.1 Å². The molecule has 0 aromatic rings. The summed E-state index contributed by atoms with van der Waals surface area (Å²) in [5, 5.41) is 0. The summed E-state index contributed by atoms with van der Waals surface area (Å²) in [5.74, 6) is 0.817. The molecule has 0 saturated heterocycles. The van der Waals surface area contributed by atoms with Gasteiger partial charge < -0.3 is 0 Å². The zero-order valence-electron chi connectivity index (χ0n) is 10.6. The van der Waals surface area contributed by atoms with Gasteiger partial charge in [-0.15, -0.1) is 0 Å². The highest BCUT2D eigenvalue weighted by Crippen LogP contribution is 2.44. The molecular formula is C14H22O. The van der Waals surface area contributed by atoms with Crippen molar-refractivity contribution in [3.05, 3.63) is 23.3 Å². The van der Waals surface area contributed by atoms with Crippen LogP contribution in [0.5, 0.6) is 0 Å². The van der Waals surface area contributed by atoms with Gasteiger partial charge in [-0.2, -0.15) is 0 Å². The molecule has 0 bridgehead atoms. The molecule has 0 saturated carbocycles. The molecule has 15 heavy (non-hydrogen) atoms. The van der Waals surface area contributed by atoms with Crippen LogP contribution in [0.2, 0.25) is 0 Å². The first kappa shape index (κ1) is 12.2. The van der Waals surface area contributed by atoms with Gasteiger partial charge in [0.25, 0.3) is 0 Å². The van der Waals surface area contributed by atoms with Crippen LogP contribution in [-0.4, -0.2) is 5.78 Å². The Balaban J connectivity index is 3.05. The average molecular weight is 206 g/mol. The van der Waals surface area contributed by atoms with E-state index in [2.05, 4.69) is 27.7 Å². The van der Waals surface area contributed by atoms with Gasteiger partial charge in [0.15, 0.2) is 5.78 Å². The molecule has 1 heteroatoms. The lowest BCUT2D eigenvalue weighted by Gasteiger charge is -2.39. The zero-order chi connectivity index (χ0) is 11.6. The lowest BCUT2D eigenvalue weighted by atomic mass is 9.66. The van der Waals surface area contributed by atoms with E-state index >= 15 is 0 Å². The molecule has 0 N–H and O–H groups in total. The van der Waals surface area contributed by atoms with Crippen LogP contribution in [0.4, 0.5) is 0 Å². The third kappa shape index (κ3) is 2.58. The van der Waals surface area contributed by atoms with Crippen molar-refractivity contribution in [2.75, 3.05) is 0 Å². The van der Waals surface area contributed by atoms with Gasteiger partial charge in [0.2, 0.25) is 0 Å². The van der Waals surface area contributed by atoms with Gasteiger partial charge >= 0.3 is 0 Å². The van der Waals surface area contributed by atoms with Gasteiger partial charge in [-0.05, 0) is 49.7 Å². The van der Waals surface area contributed by atoms with Gasteiger partial charge in [0, 0.05) is 0 Å². The van der Waals surface area contributed by atoms with E-state index in [0.717, 1.165) is 0 Å². The quantitative estimate of drug-likeness (QED) is 0.626. The second-order valence-electron chi connectivity index (χ2n) is 5.30. The highest BCUT2D eigenvalue weighted by molar-refractivity contribution is 5.87. The summed E-state index contributed by atoms with van der Waals surface area (Å²) in [6, 6.07) is 0. The van der Waals surface area contributed by atoms with Crippen LogP contribution in [0, 0.1) is 11.3 Å². The SMILES string of the molecule is CC(=O)/C=C/C1=C(C)CC[C@@H](C)C1(C)C. The average Bonchev–Trinajstić information content (AvgIpc) is 2.11. The molecule has 1 aliphatic carbocycles. The van der Waals surface area contributed by atoms with E-state index in [0.29, 0.717) is 5.92 Å². The Labute approximate surface area is 93.3 Å². The smallest absolute Gasteiger partial charge is 0.152 e. The predicted octanol–water partition coefficient (Wildman–Crippen LogP) is 3.90. The van der Waals surface area contributed by atoms with Crippen LogP contribution in [-0.2, 0) is 4.79 Å². The van der Waals surface area contributed by atoms with E-state index in [1.807, 2.05) is 6.08 Å². The molecular weight excluding hydrogens is 184 g/mol. The number of carbonyl (C=O) groups excluding carboxylic acids is 1. The Hall–Kier alpha value is -0.850. The second-order valence-corrected chi connectivity index (χ2v) is 5.30. The van der Waals surface area contributed by atoms with Gasteiger partial charge in [0.1, 0.15) is 0 Å². The number of hydrogen-bond donors (Lipinski definition) is 0. The van der Waals surface area contributed by atoms with Crippen molar-refractivity contribution in [1.82, 2.24) is 0 Å². The van der Waals surface area contributed by atoms with Crippen LogP contribution in [0.25, 0.3) is 0 Å². The maximum atomic E-state index is 11.0. The summed E-state index contributed by atoms with van der Waals surface area (Å²) in [5.41, 5.74) is 3.00. The Morgan fingerprint density at radius 2 is 2.07 bits per heavy atom. The maximum absolute atomic E-state index is 11.0. The van der Waals surface area contributed by atoms with E-state index in [1.165, 1.54) is 24.0 Å². The first-order valence-electron chi connectivity index (χ1n) is 5.74. The lowest BCUT2D eigenvalue weighted by molar-refractivity contribution is -0.112. The normalized spacial score (nSPS) is 26.1. The van der Waals surface area contributed by atoms with Gasteiger partial charge in [-0.1, -0.05) is 32.4 Å². The highest BCUT2D eigenvalue weighted by Gasteiger charge is 2.33. The monoisotopic (exact) mass is 206 g/mol. The van der Waals surface area contributed by atoms with Crippen LogP contribution >= 0.6 is 0 Å². The van der Waals surface area contributed by atoms with Gasteiger partial charge in [-0.3, -0.25) is 4.79 Å². The van der Waals surface area contributed by atoms with Crippen molar-refractivity contribution in [2.45, 2.75) is 47.5 Å². The molecule has 0 heterocycles. The molecule has 0 radical (unpaired) electrons. The Bertz CT molecular complexity index is 318. The standard InChI is InChI=1S/C14H22O/c1-10-6-7-11(2)14(4,5)13(10)9-8-12(3)15/h8-9,11H,6-7H2,1-5H3/b9-8+/t11-/m1/s1. The van der Waals surface area contributed by atoms with Gasteiger partial charge in [0.05, 0.1) is 0 Å². The number of rotatable bonds is 2. The van der Waals surface area contributed by atoms with Crippen molar-refractivity contribution in [2.24, 2.45) is 11.3 Å². The van der Waals surface area contributed by atoms with Crippen molar-refractivity contribution in [3.63, 3.8) is 0 Å². The fourth-order valence-electron chi connectivity index (χ4n) is 2.30. The van der Waals surface area contributed by atoms with Crippen LogP contribution < -0.4 is 0 Å². The Morgan fingerprint density at radius 3 is 2.60 bits per heavy atom. The van der Waals surface area contributed by atoms with Crippen molar-refractivity contribution >= 4 is 5.78 Å². The zero-order valence-corrected chi connectivity index (χ0v) is 10.6. The summed E-state index contributed by atoms with van der Waals surface area (Å²) in [7, 11) is 0. The Kier molecular flexibility index (Phi) is 3.54. The molecule has 1 rings (SSSR count). The molecule has 0 aromatic carbocycles. The minimum Gasteiger partial charge on any atom is -0.295 e. The van der Waals surface area contributed by atoms with Crippen LogP contribution in [0.1, 0.15) is 47.5 Å². The summed E-state index contributed by atoms with van der Waals surface area (Å²) in [6.07, 6.45) is 6.14. The molecule has 0 aliphatic heterocycles. The predicted molar refractivity (Wildman–Crippen MR) is 64.7 cm³/mol. The third-order valence-electron chi connectivity index (χ3n) is 3.82. The van der Waals surface area contributed by atoms with E-state index in [1.54, 1.807) is 13.0 Å². The summed E-state index contributed by atoms with van der Waals surface area (Å²) in [4.78, 5) is 11.0. The summed E-state index contributed by atoms with van der Waals surface area (Å²) in [6.45, 7) is 10.6. The molecule has 1 aliphatic rings. The van der Waals surface area contributed by atoms with Crippen molar-refractivity contribution in [1.29, 1.82) is 0 Å². The molecule has 0 fully saturated rings. The number of carbonyl (C=O) groups is 1. The highest BCUT2D eigenvalue weighted by atomic mass is 16.1. The fourth-order valence-corrected chi connectivity index (χ4v) is 2.30. The van der Waals surface area contributed by atoms with Crippen LogP contribution in [0.3, 0.4) is 0 Å². The van der Waals surface area contributed by atoms with Crippen molar-refractivity contribution in [3.8, 4) is 0 Å². The number of hydrogen-bond acceptors (Lipinski definition) is 1. The van der Waals surface area contributed by atoms with E-state index in [-0.39, 0.29) is 11.2 Å². The maximum Gasteiger partial charge on any atom is 0.152 e. The minimum absolute atomic E-state index is 0.129. The summed E-state index contributed by atoms with van der Waals surface area (Å²) < 4.78 is 0. The third-order valence-corrected chi connectivity index (χ3v) is 3.82. The minimum atomic E-state index is 0.129. The van der Waals surface area contributed by atoms with E-state index in [9.17, 15) is 4.79 Å². The molecule has 0 spiro atoms. The largest absolute Gasteiger partial charge is 0.295 e. The Morgan fingerprint density at radius 1 is 1.47 bits per heavy atom. The van der Waals surface area contributed by atoms with Gasteiger partial charge in [-0.25, -0.2) is 0 Å². The molecule has 0 unspecified atom stereocenters. The molecule has 1 atom stereocenters. The second kappa shape index (κ2) is 4.34. The lowest BCUT2D eigenvalue weighted by Crippen LogP contribution is -2.28. The first-order chi connectivity index (χ1) is 6.85. The first-order valence-corrected chi connectivity index (χ1v) is 5.74. The molecule has 0 amide bonds. The number of allylic oxidation sites excluding steroid dienone is 4.